The van der Waals surface area contributed by atoms with Gasteiger partial charge >= 0.3 is 5.97 Å². The summed E-state index contributed by atoms with van der Waals surface area (Å²) in [5.41, 5.74) is -0.261. The molecule has 0 aromatic carbocycles. The molecule has 114 valence electrons. The van der Waals surface area contributed by atoms with E-state index < -0.39 is 0 Å². The van der Waals surface area contributed by atoms with Crippen LogP contribution in [0.3, 0.4) is 0 Å². The van der Waals surface area contributed by atoms with Gasteiger partial charge in [0.15, 0.2) is 0 Å². The minimum Gasteiger partial charge on any atom is -0.468 e. The van der Waals surface area contributed by atoms with Crippen LogP contribution in [0.15, 0.2) is 0 Å². The Morgan fingerprint density at radius 1 is 1.25 bits per heavy atom. The number of amides is 1. The highest BCUT2D eigenvalue weighted by Crippen LogP contribution is 2.28. The lowest BCUT2D eigenvalue weighted by Crippen LogP contribution is -2.56. The van der Waals surface area contributed by atoms with Gasteiger partial charge in [-0.15, -0.1) is 0 Å². The summed E-state index contributed by atoms with van der Waals surface area (Å²) in [4.78, 5) is 27.9. The molecule has 1 atom stereocenters. The van der Waals surface area contributed by atoms with Crippen LogP contribution in [0.25, 0.3) is 0 Å². The predicted molar refractivity (Wildman–Crippen MR) is 75.2 cm³/mol. The van der Waals surface area contributed by atoms with Gasteiger partial charge < -0.3 is 15.0 Å². The highest BCUT2D eigenvalue weighted by molar-refractivity contribution is 5.83. The van der Waals surface area contributed by atoms with E-state index in [0.29, 0.717) is 19.6 Å². The number of piperidine rings is 1. The van der Waals surface area contributed by atoms with Gasteiger partial charge in [-0.25, -0.2) is 0 Å². The molecule has 2 fully saturated rings. The highest BCUT2D eigenvalue weighted by Gasteiger charge is 2.38. The second-order valence-corrected chi connectivity index (χ2v) is 5.99. The van der Waals surface area contributed by atoms with Gasteiger partial charge in [-0.2, -0.15) is 0 Å². The van der Waals surface area contributed by atoms with Crippen LogP contribution in [0.1, 0.15) is 19.8 Å². The van der Waals surface area contributed by atoms with Crippen LogP contribution in [0.2, 0.25) is 0 Å². The third-order valence-corrected chi connectivity index (χ3v) is 4.35. The van der Waals surface area contributed by atoms with Gasteiger partial charge in [-0.3, -0.25) is 14.5 Å². The first kappa shape index (κ1) is 15.3. The summed E-state index contributed by atoms with van der Waals surface area (Å²) in [6.45, 7) is 7.04. The number of hydrogen-bond donors (Lipinski definition) is 1. The number of ether oxygens (including phenoxy) is 1. The zero-order valence-electron chi connectivity index (χ0n) is 12.5. The number of nitrogens with one attached hydrogen (secondary N) is 1. The second kappa shape index (κ2) is 6.54. The number of methoxy groups -OCH3 is 1. The zero-order chi connectivity index (χ0) is 14.6. The molecule has 0 spiro atoms. The molecule has 6 heteroatoms. The Hall–Kier alpha value is -1.14. The molecule has 1 unspecified atom stereocenters. The van der Waals surface area contributed by atoms with Crippen molar-refractivity contribution < 1.29 is 14.3 Å². The average Bonchev–Trinajstić information content (AvgIpc) is 2.48. The molecule has 0 bridgehead atoms. The van der Waals surface area contributed by atoms with E-state index in [1.807, 2.05) is 9.80 Å². The van der Waals surface area contributed by atoms with E-state index in [1.54, 1.807) is 0 Å². The minimum absolute atomic E-state index is 0.215. The fourth-order valence-electron chi connectivity index (χ4n) is 2.98. The summed E-state index contributed by atoms with van der Waals surface area (Å²) < 4.78 is 4.67. The van der Waals surface area contributed by atoms with Crippen molar-refractivity contribution in [3.8, 4) is 0 Å². The van der Waals surface area contributed by atoms with Crippen LogP contribution in [-0.2, 0) is 14.3 Å². The number of hydrogen-bond acceptors (Lipinski definition) is 5. The van der Waals surface area contributed by atoms with Gasteiger partial charge in [-0.1, -0.05) is 0 Å². The Balaban J connectivity index is 1.84. The number of carbonyl (C=O) groups excluding carboxylic acids is 2. The van der Waals surface area contributed by atoms with E-state index in [0.717, 1.165) is 39.0 Å². The molecule has 0 radical (unpaired) electrons. The van der Waals surface area contributed by atoms with Crippen LogP contribution < -0.4 is 5.32 Å². The third kappa shape index (κ3) is 3.49. The summed E-state index contributed by atoms with van der Waals surface area (Å²) in [7, 11) is 1.40. The van der Waals surface area contributed by atoms with Crippen molar-refractivity contribution in [1.29, 1.82) is 0 Å². The molecule has 20 heavy (non-hydrogen) atoms. The van der Waals surface area contributed by atoms with E-state index in [-0.39, 0.29) is 17.3 Å². The van der Waals surface area contributed by atoms with E-state index in [2.05, 4.69) is 17.0 Å². The maximum atomic E-state index is 12.6. The van der Waals surface area contributed by atoms with Crippen molar-refractivity contribution in [3.05, 3.63) is 0 Å². The van der Waals surface area contributed by atoms with Crippen molar-refractivity contribution in [2.45, 2.75) is 19.8 Å². The fraction of sp³-hybridized carbons (Fsp3) is 0.857. The molecule has 2 aliphatic rings. The largest absolute Gasteiger partial charge is 0.468 e. The first-order valence-corrected chi connectivity index (χ1v) is 7.34. The summed E-state index contributed by atoms with van der Waals surface area (Å²) >= 11 is 0. The first-order chi connectivity index (χ1) is 9.55. The Labute approximate surface area is 120 Å². The molecule has 2 rings (SSSR count). The number of nitrogens with zero attached hydrogens (tertiary/aromatic N) is 2. The van der Waals surface area contributed by atoms with Crippen LogP contribution in [0.4, 0.5) is 0 Å². The quantitative estimate of drug-likeness (QED) is 0.720. The summed E-state index contributed by atoms with van der Waals surface area (Å²) in [5.74, 6) is 0.0376. The van der Waals surface area contributed by atoms with Gasteiger partial charge in [0.25, 0.3) is 0 Å². The van der Waals surface area contributed by atoms with E-state index in [1.165, 1.54) is 7.11 Å². The Morgan fingerprint density at radius 3 is 2.50 bits per heavy atom. The maximum Gasteiger partial charge on any atom is 0.319 e. The summed E-state index contributed by atoms with van der Waals surface area (Å²) in [5, 5.41) is 3.32. The normalized spacial score (nSPS) is 28.2. The second-order valence-electron chi connectivity index (χ2n) is 5.99. The molecule has 2 aliphatic heterocycles. The van der Waals surface area contributed by atoms with Crippen molar-refractivity contribution in [1.82, 2.24) is 15.1 Å². The monoisotopic (exact) mass is 283 g/mol. The van der Waals surface area contributed by atoms with E-state index in [9.17, 15) is 9.59 Å². The fourth-order valence-corrected chi connectivity index (χ4v) is 2.98. The average molecular weight is 283 g/mol. The number of carbonyl (C=O) groups is 2. The molecular formula is C14H25N3O3. The van der Waals surface area contributed by atoms with E-state index >= 15 is 0 Å². The summed E-state index contributed by atoms with van der Waals surface area (Å²) in [6.07, 6.45) is 2.02. The highest BCUT2D eigenvalue weighted by atomic mass is 16.5. The van der Waals surface area contributed by atoms with Crippen LogP contribution >= 0.6 is 0 Å². The Morgan fingerprint density at radius 2 is 1.95 bits per heavy atom. The van der Waals surface area contributed by atoms with Gasteiger partial charge in [0.2, 0.25) is 5.91 Å². The van der Waals surface area contributed by atoms with Crippen molar-refractivity contribution in [3.63, 3.8) is 0 Å². The van der Waals surface area contributed by atoms with E-state index in [4.69, 9.17) is 0 Å². The lowest BCUT2D eigenvalue weighted by Gasteiger charge is -2.41. The van der Waals surface area contributed by atoms with Crippen LogP contribution in [0.5, 0.6) is 0 Å². The smallest absolute Gasteiger partial charge is 0.319 e. The molecule has 2 saturated heterocycles. The van der Waals surface area contributed by atoms with Crippen molar-refractivity contribution >= 4 is 11.9 Å². The van der Waals surface area contributed by atoms with Crippen molar-refractivity contribution in [2.75, 3.05) is 52.9 Å². The predicted octanol–water partition coefficient (Wildman–Crippen LogP) is -0.307. The van der Waals surface area contributed by atoms with Crippen molar-refractivity contribution in [2.24, 2.45) is 5.41 Å². The molecule has 0 aromatic heterocycles. The molecule has 0 saturated carbocycles. The number of esters is 1. The first-order valence-electron chi connectivity index (χ1n) is 7.34. The molecule has 0 aromatic rings. The maximum absolute atomic E-state index is 12.6. The molecule has 0 aliphatic carbocycles. The number of rotatable bonds is 3. The van der Waals surface area contributed by atoms with Gasteiger partial charge in [0.1, 0.15) is 0 Å². The summed E-state index contributed by atoms with van der Waals surface area (Å²) in [6, 6.07) is 0. The van der Waals surface area contributed by atoms with Gasteiger partial charge in [0, 0.05) is 32.7 Å². The third-order valence-electron chi connectivity index (χ3n) is 4.35. The minimum atomic E-state index is -0.261. The lowest BCUT2D eigenvalue weighted by molar-refractivity contribution is -0.145. The van der Waals surface area contributed by atoms with Gasteiger partial charge in [-0.05, 0) is 26.3 Å². The molecule has 1 amide bonds. The molecule has 1 N–H and O–H groups in total. The zero-order valence-corrected chi connectivity index (χ0v) is 12.5. The topological polar surface area (TPSA) is 61.9 Å². The molecule has 6 nitrogen and oxygen atoms in total. The molecule has 2 heterocycles. The Bertz CT molecular complexity index is 359. The lowest BCUT2D eigenvalue weighted by atomic mass is 9.81. The number of piperazine rings is 1. The van der Waals surface area contributed by atoms with Crippen LogP contribution in [-0.4, -0.2) is 74.6 Å². The van der Waals surface area contributed by atoms with Gasteiger partial charge in [0.05, 0.1) is 19.1 Å². The molecular weight excluding hydrogens is 258 g/mol. The standard InChI is InChI=1S/C14H25N3O3/c1-14(4-3-5-15-11-14)13(19)17-8-6-16(7-9-17)10-12(18)20-2/h15H,3-11H2,1-2H3. The van der Waals surface area contributed by atoms with Crippen LogP contribution in [0, 0.1) is 5.41 Å². The SMILES string of the molecule is COC(=O)CN1CCN(C(=O)C2(C)CCCNC2)CC1. The Kier molecular flexibility index (Phi) is 4.99.